The minimum absolute atomic E-state index is 0.105. The van der Waals surface area contributed by atoms with Crippen LogP contribution in [0.3, 0.4) is 0 Å². The van der Waals surface area contributed by atoms with Crippen molar-refractivity contribution in [1.29, 1.82) is 0 Å². The number of carbonyl (C=O) groups is 3. The Bertz CT molecular complexity index is 1430. The van der Waals surface area contributed by atoms with E-state index in [1.807, 2.05) is 19.1 Å². The first kappa shape index (κ1) is 26.3. The van der Waals surface area contributed by atoms with Gasteiger partial charge in [-0.3, -0.25) is 14.9 Å². The molecule has 1 N–H and O–H groups in total. The average molecular weight is 515 g/mol. The molecule has 3 aromatic carbocycles. The first-order chi connectivity index (χ1) is 18.3. The van der Waals surface area contributed by atoms with Gasteiger partial charge in [-0.1, -0.05) is 37.3 Å². The number of anilines is 1. The molecule has 4 rings (SSSR count). The lowest BCUT2D eigenvalue weighted by atomic mass is 10.0. The quantitative estimate of drug-likeness (QED) is 0.236. The molecular formula is C30H27FN2O5. The monoisotopic (exact) mass is 514 g/mol. The molecule has 0 spiro atoms. The first-order valence-electron chi connectivity index (χ1n) is 12.0. The Morgan fingerprint density at radius 1 is 1.03 bits per heavy atom. The summed E-state index contributed by atoms with van der Waals surface area (Å²) in [4.78, 5) is 39.4. The molecule has 0 unspecified atom stereocenters. The number of rotatable bonds is 9. The van der Waals surface area contributed by atoms with Crippen molar-refractivity contribution < 1.29 is 28.2 Å². The Labute approximate surface area is 220 Å². The van der Waals surface area contributed by atoms with Crippen LogP contribution >= 0.6 is 0 Å². The Balaban J connectivity index is 1.68. The van der Waals surface area contributed by atoms with Crippen molar-refractivity contribution in [3.63, 3.8) is 0 Å². The number of barbiturate groups is 1. The lowest BCUT2D eigenvalue weighted by Crippen LogP contribution is -2.54. The predicted octanol–water partition coefficient (Wildman–Crippen LogP) is 5.37. The van der Waals surface area contributed by atoms with Gasteiger partial charge < -0.3 is 9.47 Å². The van der Waals surface area contributed by atoms with Crippen LogP contribution in [0.15, 0.2) is 78.9 Å². The summed E-state index contributed by atoms with van der Waals surface area (Å²) >= 11 is 0. The second-order valence-corrected chi connectivity index (χ2v) is 8.60. The minimum atomic E-state index is -0.813. The van der Waals surface area contributed by atoms with Gasteiger partial charge in [0, 0.05) is 5.56 Å². The molecular weight excluding hydrogens is 487 g/mol. The molecule has 0 aliphatic carbocycles. The third kappa shape index (κ3) is 5.64. The summed E-state index contributed by atoms with van der Waals surface area (Å²) in [7, 11) is 1.47. The van der Waals surface area contributed by atoms with E-state index in [2.05, 4.69) is 11.9 Å². The van der Waals surface area contributed by atoms with Gasteiger partial charge >= 0.3 is 6.03 Å². The summed E-state index contributed by atoms with van der Waals surface area (Å²) in [6, 6.07) is 15.6. The van der Waals surface area contributed by atoms with Gasteiger partial charge in [-0.25, -0.2) is 14.1 Å². The third-order valence-electron chi connectivity index (χ3n) is 6.03. The number of nitrogens with one attached hydrogen (secondary N) is 1. The number of halogens is 1. The highest BCUT2D eigenvalue weighted by molar-refractivity contribution is 6.39. The number of methoxy groups -OCH3 is 1. The zero-order valence-electron chi connectivity index (χ0n) is 21.1. The fraction of sp³-hybridized carbons (Fsp3) is 0.167. The van der Waals surface area contributed by atoms with Gasteiger partial charge in [0.2, 0.25) is 0 Å². The van der Waals surface area contributed by atoms with Gasteiger partial charge in [0.05, 0.1) is 12.8 Å². The number of urea groups is 1. The van der Waals surface area contributed by atoms with Crippen LogP contribution in [0, 0.1) is 5.82 Å². The number of amides is 4. The largest absolute Gasteiger partial charge is 0.493 e. The molecule has 0 bridgehead atoms. The lowest BCUT2D eigenvalue weighted by Gasteiger charge is -2.26. The highest BCUT2D eigenvalue weighted by Crippen LogP contribution is 2.35. The number of ether oxygens (including phenoxy) is 2. The van der Waals surface area contributed by atoms with E-state index in [9.17, 15) is 18.8 Å². The van der Waals surface area contributed by atoms with Crippen molar-refractivity contribution in [3.8, 4) is 11.5 Å². The highest BCUT2D eigenvalue weighted by atomic mass is 19.1. The molecule has 0 radical (unpaired) electrons. The Kier molecular flexibility index (Phi) is 8.01. The predicted molar refractivity (Wildman–Crippen MR) is 142 cm³/mol. The second kappa shape index (κ2) is 11.6. The topological polar surface area (TPSA) is 84.9 Å². The van der Waals surface area contributed by atoms with Gasteiger partial charge in [-0.15, -0.1) is 6.58 Å². The molecule has 1 saturated heterocycles. The molecule has 1 heterocycles. The minimum Gasteiger partial charge on any atom is -0.493 e. The fourth-order valence-electron chi connectivity index (χ4n) is 4.11. The molecule has 0 saturated carbocycles. The van der Waals surface area contributed by atoms with Crippen LogP contribution in [-0.2, 0) is 29.0 Å². The molecule has 4 amide bonds. The molecule has 3 aromatic rings. The molecule has 0 aromatic heterocycles. The van der Waals surface area contributed by atoms with Crippen LogP contribution in [0.2, 0.25) is 0 Å². The summed E-state index contributed by atoms with van der Waals surface area (Å²) in [5.41, 5.74) is 3.02. The van der Waals surface area contributed by atoms with Crippen LogP contribution in [0.5, 0.6) is 11.5 Å². The van der Waals surface area contributed by atoms with Crippen LogP contribution < -0.4 is 19.7 Å². The van der Waals surface area contributed by atoms with Crippen molar-refractivity contribution in [1.82, 2.24) is 5.32 Å². The van der Waals surface area contributed by atoms with Crippen LogP contribution in [-0.4, -0.2) is 25.0 Å². The van der Waals surface area contributed by atoms with Crippen molar-refractivity contribution >= 4 is 29.6 Å². The van der Waals surface area contributed by atoms with Gasteiger partial charge in [0.15, 0.2) is 11.5 Å². The number of hydrogen-bond donors (Lipinski definition) is 1. The van der Waals surface area contributed by atoms with E-state index in [1.165, 1.54) is 25.3 Å². The molecule has 7 nitrogen and oxygen atoms in total. The van der Waals surface area contributed by atoms with Gasteiger partial charge in [-0.2, -0.15) is 0 Å². The number of aryl methyl sites for hydroxylation is 1. The zero-order chi connectivity index (χ0) is 27.2. The van der Waals surface area contributed by atoms with E-state index in [4.69, 9.17) is 9.47 Å². The maximum Gasteiger partial charge on any atom is 0.335 e. The van der Waals surface area contributed by atoms with E-state index >= 15 is 0 Å². The zero-order valence-corrected chi connectivity index (χ0v) is 21.1. The molecule has 38 heavy (non-hydrogen) atoms. The van der Waals surface area contributed by atoms with E-state index < -0.39 is 17.8 Å². The maximum absolute atomic E-state index is 13.6. The second-order valence-electron chi connectivity index (χ2n) is 8.60. The molecule has 1 aliphatic rings. The number of carbonyl (C=O) groups excluding carboxylic acids is 3. The number of benzene rings is 3. The van der Waals surface area contributed by atoms with E-state index in [-0.39, 0.29) is 18.0 Å². The molecule has 8 heteroatoms. The normalized spacial score (nSPS) is 14.4. The maximum atomic E-state index is 13.6. The molecule has 194 valence electrons. The Morgan fingerprint density at radius 3 is 2.45 bits per heavy atom. The van der Waals surface area contributed by atoms with Crippen LogP contribution in [0.25, 0.3) is 6.08 Å². The van der Waals surface area contributed by atoms with E-state index in [0.717, 1.165) is 16.9 Å². The Hall–Kier alpha value is -4.72. The van der Waals surface area contributed by atoms with Crippen molar-refractivity contribution in [3.05, 3.63) is 107 Å². The number of hydrogen-bond acceptors (Lipinski definition) is 5. The fourth-order valence-corrected chi connectivity index (χ4v) is 4.11. The smallest absolute Gasteiger partial charge is 0.335 e. The average Bonchev–Trinajstić information content (AvgIpc) is 2.90. The van der Waals surface area contributed by atoms with Crippen molar-refractivity contribution in [2.75, 3.05) is 12.0 Å². The van der Waals surface area contributed by atoms with E-state index in [1.54, 1.807) is 42.5 Å². The lowest BCUT2D eigenvalue weighted by molar-refractivity contribution is -0.122. The summed E-state index contributed by atoms with van der Waals surface area (Å²) in [5, 5.41) is 2.24. The highest BCUT2D eigenvalue weighted by Gasteiger charge is 2.36. The number of nitrogens with zero attached hydrogens (tertiary/aromatic N) is 1. The van der Waals surface area contributed by atoms with E-state index in [0.29, 0.717) is 40.3 Å². The van der Waals surface area contributed by atoms with Crippen LogP contribution in [0.1, 0.15) is 29.2 Å². The molecule has 1 fully saturated rings. The van der Waals surface area contributed by atoms with Gasteiger partial charge in [-0.05, 0) is 72.0 Å². The third-order valence-corrected chi connectivity index (χ3v) is 6.03. The van der Waals surface area contributed by atoms with Crippen LogP contribution in [0.4, 0.5) is 14.9 Å². The Morgan fingerprint density at radius 2 is 1.79 bits per heavy atom. The standard InChI is InChI=1S/C30H27FN2O5/c1-4-7-22-14-21(17-26(37-3)27(22)38-18-20-8-6-9-23(31)15-20)16-25-28(34)32-30(36)33(29(25)35)24-12-10-19(5-2)11-13-24/h4,6,8-17H,1,5,7,18H2,2-3H3,(H,32,34,36)/b25-16-. The summed E-state index contributed by atoms with van der Waals surface area (Å²) in [6.07, 6.45) is 4.30. The molecule has 1 aliphatic heterocycles. The van der Waals surface area contributed by atoms with Crippen molar-refractivity contribution in [2.45, 2.75) is 26.4 Å². The van der Waals surface area contributed by atoms with Crippen molar-refractivity contribution in [2.24, 2.45) is 0 Å². The summed E-state index contributed by atoms with van der Waals surface area (Å²) in [5.74, 6) is -1.10. The number of allylic oxidation sites excluding steroid dienone is 1. The SMILES string of the molecule is C=CCc1cc(/C=C2/C(=O)NC(=O)N(c3ccc(CC)cc3)C2=O)cc(OC)c1OCc1cccc(F)c1. The number of imide groups is 2. The summed E-state index contributed by atoms with van der Waals surface area (Å²) < 4.78 is 25.1. The first-order valence-corrected chi connectivity index (χ1v) is 12.0. The molecule has 0 atom stereocenters. The summed E-state index contributed by atoms with van der Waals surface area (Å²) in [6.45, 7) is 5.90. The van der Waals surface area contributed by atoms with Gasteiger partial charge in [0.25, 0.3) is 11.8 Å². The van der Waals surface area contributed by atoms with Gasteiger partial charge in [0.1, 0.15) is 18.0 Å².